The molecule has 18 heavy (non-hydrogen) atoms. The fourth-order valence-corrected chi connectivity index (χ4v) is 1.16. The minimum Gasteiger partial charge on any atom is -0.479 e. The quantitative estimate of drug-likeness (QED) is 0.376. The van der Waals surface area contributed by atoms with Crippen LogP contribution >= 0.6 is 0 Å². The number of urea groups is 1. The van der Waals surface area contributed by atoms with Gasteiger partial charge in [0.05, 0.1) is 6.54 Å². The first-order chi connectivity index (χ1) is 8.49. The van der Waals surface area contributed by atoms with E-state index in [1.165, 1.54) is 0 Å². The lowest BCUT2D eigenvalue weighted by atomic mass is 10.3. The molecule has 1 saturated carbocycles. The van der Waals surface area contributed by atoms with Crippen LogP contribution in [0.1, 0.15) is 19.3 Å². The minimum atomic E-state index is -1.63. The smallest absolute Gasteiger partial charge is 0.334 e. The number of carboxylic acid groups (broad SMARTS) is 1. The van der Waals surface area contributed by atoms with Gasteiger partial charge in [0.15, 0.2) is 6.10 Å². The number of nitrogens with one attached hydrogen (secondary N) is 3. The van der Waals surface area contributed by atoms with Crippen molar-refractivity contribution in [3.63, 3.8) is 0 Å². The molecular weight excluding hydrogens is 242 g/mol. The van der Waals surface area contributed by atoms with E-state index in [1.54, 1.807) is 0 Å². The lowest BCUT2D eigenvalue weighted by Gasteiger charge is -2.09. The molecule has 0 saturated heterocycles. The van der Waals surface area contributed by atoms with E-state index in [4.69, 9.17) is 10.2 Å². The van der Waals surface area contributed by atoms with Crippen molar-refractivity contribution in [1.82, 2.24) is 16.0 Å². The highest BCUT2D eigenvalue weighted by Crippen LogP contribution is 2.18. The van der Waals surface area contributed by atoms with Gasteiger partial charge in [-0.1, -0.05) is 0 Å². The monoisotopic (exact) mass is 259 g/mol. The third-order valence-corrected chi connectivity index (χ3v) is 2.32. The van der Waals surface area contributed by atoms with Crippen LogP contribution in [-0.2, 0) is 9.59 Å². The maximum atomic E-state index is 11.2. The number of rotatable bonds is 7. The summed E-state index contributed by atoms with van der Waals surface area (Å²) in [5.41, 5.74) is 0. The van der Waals surface area contributed by atoms with E-state index < -0.39 is 18.1 Å². The Morgan fingerprint density at radius 1 is 1.22 bits per heavy atom. The number of aliphatic carboxylic acids is 1. The van der Waals surface area contributed by atoms with Crippen LogP contribution in [-0.4, -0.2) is 53.4 Å². The summed E-state index contributed by atoms with van der Waals surface area (Å²) >= 11 is 0. The van der Waals surface area contributed by atoms with Crippen molar-refractivity contribution < 1.29 is 24.6 Å². The van der Waals surface area contributed by atoms with E-state index >= 15 is 0 Å². The average molecular weight is 259 g/mol. The molecule has 5 N–H and O–H groups in total. The van der Waals surface area contributed by atoms with Gasteiger partial charge in [-0.15, -0.1) is 0 Å². The van der Waals surface area contributed by atoms with Gasteiger partial charge in [-0.25, -0.2) is 9.59 Å². The second-order valence-corrected chi connectivity index (χ2v) is 4.08. The Bertz CT molecular complexity index is 329. The number of carboxylic acids is 1. The van der Waals surface area contributed by atoms with Crippen molar-refractivity contribution in [2.45, 2.75) is 31.4 Å². The van der Waals surface area contributed by atoms with Gasteiger partial charge >= 0.3 is 12.0 Å². The number of aliphatic hydroxyl groups is 1. The highest BCUT2D eigenvalue weighted by atomic mass is 16.4. The number of hydrogen-bond acceptors (Lipinski definition) is 4. The first-order valence-corrected chi connectivity index (χ1v) is 5.71. The third-order valence-electron chi connectivity index (χ3n) is 2.32. The van der Waals surface area contributed by atoms with Gasteiger partial charge < -0.3 is 26.2 Å². The van der Waals surface area contributed by atoms with Crippen molar-refractivity contribution in [2.24, 2.45) is 0 Å². The number of carbonyl (C=O) groups excluding carboxylic acids is 2. The van der Waals surface area contributed by atoms with Gasteiger partial charge in [-0.2, -0.15) is 0 Å². The van der Waals surface area contributed by atoms with E-state index in [0.29, 0.717) is 0 Å². The number of hydrogen-bond donors (Lipinski definition) is 5. The zero-order valence-corrected chi connectivity index (χ0v) is 9.81. The molecular formula is C10H17N3O5. The van der Waals surface area contributed by atoms with Gasteiger partial charge in [-0.05, 0) is 12.8 Å². The van der Waals surface area contributed by atoms with Gasteiger partial charge in [0.1, 0.15) is 0 Å². The molecule has 0 spiro atoms. The summed E-state index contributed by atoms with van der Waals surface area (Å²) in [6.45, 7) is -0.219. The molecule has 102 valence electrons. The topological polar surface area (TPSA) is 128 Å². The van der Waals surface area contributed by atoms with Crippen molar-refractivity contribution >= 4 is 17.9 Å². The molecule has 0 unspecified atom stereocenters. The Morgan fingerprint density at radius 3 is 2.44 bits per heavy atom. The molecule has 1 aliphatic carbocycles. The Balaban J connectivity index is 2.02. The Hall–Kier alpha value is -1.83. The number of carbonyl (C=O) groups is 3. The van der Waals surface area contributed by atoms with Crippen molar-refractivity contribution in [3.8, 4) is 0 Å². The first kappa shape index (κ1) is 14.2. The lowest BCUT2D eigenvalue weighted by molar-refractivity contribution is -0.146. The maximum Gasteiger partial charge on any atom is 0.334 e. The Kier molecular flexibility index (Phi) is 5.37. The average Bonchev–Trinajstić information content (AvgIpc) is 3.09. The van der Waals surface area contributed by atoms with E-state index in [2.05, 4.69) is 16.0 Å². The lowest BCUT2D eigenvalue weighted by Crippen LogP contribution is -2.43. The van der Waals surface area contributed by atoms with Crippen molar-refractivity contribution in [3.05, 3.63) is 0 Å². The van der Waals surface area contributed by atoms with Crippen LogP contribution in [0.25, 0.3) is 0 Å². The van der Waals surface area contributed by atoms with E-state index in [1.807, 2.05) is 0 Å². The fraction of sp³-hybridized carbons (Fsp3) is 0.700. The Labute approximate surface area is 104 Å². The summed E-state index contributed by atoms with van der Waals surface area (Å²) in [4.78, 5) is 32.6. The molecule has 0 radical (unpaired) electrons. The largest absolute Gasteiger partial charge is 0.479 e. The second kappa shape index (κ2) is 6.80. The van der Waals surface area contributed by atoms with Crippen molar-refractivity contribution in [2.75, 3.05) is 13.1 Å². The van der Waals surface area contributed by atoms with Crippen LogP contribution in [0, 0.1) is 0 Å². The standard InChI is InChI=1S/C10H17N3O5/c14-7(9(16)17)5-12-10(18)11-4-3-8(15)13-6-1-2-6/h6-7,14H,1-5H2,(H,13,15)(H,16,17)(H2,11,12,18)/t7-/m0/s1. The molecule has 1 aliphatic rings. The van der Waals surface area contributed by atoms with Crippen molar-refractivity contribution in [1.29, 1.82) is 0 Å². The molecule has 0 aliphatic heterocycles. The molecule has 8 nitrogen and oxygen atoms in total. The molecule has 1 atom stereocenters. The minimum absolute atomic E-state index is 0.122. The van der Waals surface area contributed by atoms with Crippen LogP contribution in [0.3, 0.4) is 0 Å². The van der Waals surface area contributed by atoms with E-state index in [9.17, 15) is 14.4 Å². The first-order valence-electron chi connectivity index (χ1n) is 5.71. The third kappa shape index (κ3) is 6.04. The molecule has 0 bridgehead atoms. The molecule has 1 fully saturated rings. The zero-order chi connectivity index (χ0) is 13.5. The van der Waals surface area contributed by atoms with E-state index in [-0.39, 0.29) is 31.5 Å². The van der Waals surface area contributed by atoms with Crippen LogP contribution in [0.2, 0.25) is 0 Å². The predicted molar refractivity (Wildman–Crippen MR) is 60.8 cm³/mol. The van der Waals surface area contributed by atoms with Crippen LogP contribution < -0.4 is 16.0 Å². The SMILES string of the molecule is O=C(CCNC(=O)NC[C@H](O)C(=O)O)NC1CC1. The summed E-state index contributed by atoms with van der Waals surface area (Å²) in [7, 11) is 0. The number of aliphatic hydroxyl groups excluding tert-OH is 1. The molecule has 8 heteroatoms. The second-order valence-electron chi connectivity index (χ2n) is 4.08. The molecule has 0 aromatic rings. The van der Waals surface area contributed by atoms with Gasteiger partial charge in [0, 0.05) is 19.0 Å². The molecule has 3 amide bonds. The molecule has 0 heterocycles. The zero-order valence-electron chi connectivity index (χ0n) is 9.81. The van der Waals surface area contributed by atoms with Crippen LogP contribution in [0.5, 0.6) is 0 Å². The summed E-state index contributed by atoms with van der Waals surface area (Å²) in [6, 6.07) is -0.327. The fourth-order valence-electron chi connectivity index (χ4n) is 1.16. The molecule has 0 aromatic carbocycles. The van der Waals surface area contributed by atoms with Gasteiger partial charge in [0.2, 0.25) is 5.91 Å². The van der Waals surface area contributed by atoms with Crippen LogP contribution in [0.4, 0.5) is 4.79 Å². The summed E-state index contributed by atoms with van der Waals surface area (Å²) in [5.74, 6) is -1.53. The summed E-state index contributed by atoms with van der Waals surface area (Å²) < 4.78 is 0. The summed E-state index contributed by atoms with van der Waals surface area (Å²) in [6.07, 6.45) is 0.555. The Morgan fingerprint density at radius 2 is 1.89 bits per heavy atom. The number of amides is 3. The van der Waals surface area contributed by atoms with Gasteiger partial charge in [0.25, 0.3) is 0 Å². The van der Waals surface area contributed by atoms with E-state index in [0.717, 1.165) is 12.8 Å². The normalized spacial score (nSPS) is 15.6. The predicted octanol–water partition coefficient (Wildman–Crippen LogP) is -1.60. The highest BCUT2D eigenvalue weighted by Gasteiger charge is 2.22. The molecule has 1 rings (SSSR count). The van der Waals surface area contributed by atoms with Crippen LogP contribution in [0.15, 0.2) is 0 Å². The molecule has 0 aromatic heterocycles. The van der Waals surface area contributed by atoms with Gasteiger partial charge in [-0.3, -0.25) is 4.79 Å². The highest BCUT2D eigenvalue weighted by molar-refractivity contribution is 5.79. The summed E-state index contributed by atoms with van der Waals surface area (Å²) in [5, 5.41) is 24.6. The maximum absolute atomic E-state index is 11.2.